The van der Waals surface area contributed by atoms with Crippen LogP contribution >= 0.6 is 0 Å². The van der Waals surface area contributed by atoms with Crippen LogP contribution in [0.1, 0.15) is 24.0 Å². The monoisotopic (exact) mass is 217 g/mol. The summed E-state index contributed by atoms with van der Waals surface area (Å²) >= 11 is 0. The van der Waals surface area contributed by atoms with Crippen LogP contribution < -0.4 is 0 Å². The molecule has 1 N–H and O–H groups in total. The molecular formula is C13H13O3. The molecule has 0 aliphatic rings. The van der Waals surface area contributed by atoms with Gasteiger partial charge in [0.25, 0.3) is 0 Å². The topological polar surface area (TPSA) is 54.4 Å². The highest BCUT2D eigenvalue weighted by Crippen LogP contribution is 2.10. The van der Waals surface area contributed by atoms with Crippen LogP contribution in [0.15, 0.2) is 30.3 Å². The molecule has 0 saturated heterocycles. The standard InChI is InChI=1S/C13H13O3/c14-10-2-1-3-11-4-6-12(7-5-11)8-9-13(15)16/h2-7H,1,8-9H2,(H,15,16). The van der Waals surface area contributed by atoms with Crippen LogP contribution in [0, 0.1) is 6.42 Å². The van der Waals surface area contributed by atoms with E-state index in [1.807, 2.05) is 30.7 Å². The van der Waals surface area contributed by atoms with Gasteiger partial charge in [-0.3, -0.25) is 4.79 Å². The molecule has 0 aliphatic carbocycles. The fraction of sp³-hybridized carbons (Fsp3) is 0.231. The maximum Gasteiger partial charge on any atom is 0.303 e. The molecule has 0 aliphatic heterocycles. The van der Waals surface area contributed by atoms with Crippen LogP contribution in [0.5, 0.6) is 0 Å². The minimum absolute atomic E-state index is 0.150. The van der Waals surface area contributed by atoms with Gasteiger partial charge in [0.15, 0.2) is 0 Å². The van der Waals surface area contributed by atoms with Crippen molar-refractivity contribution in [3.8, 4) is 0 Å². The van der Waals surface area contributed by atoms with Crippen molar-refractivity contribution < 1.29 is 14.7 Å². The predicted octanol–water partition coefficient (Wildman–Crippen LogP) is 2.03. The lowest BCUT2D eigenvalue weighted by atomic mass is 10.0. The van der Waals surface area contributed by atoms with Crippen molar-refractivity contribution in [1.82, 2.24) is 0 Å². The molecule has 0 unspecified atom stereocenters. The summed E-state index contributed by atoms with van der Waals surface area (Å²) in [5, 5.41) is 8.53. The molecule has 16 heavy (non-hydrogen) atoms. The summed E-state index contributed by atoms with van der Waals surface area (Å²) in [6.45, 7) is 0. The second-order valence-corrected chi connectivity index (χ2v) is 3.40. The summed E-state index contributed by atoms with van der Waals surface area (Å²) in [5.74, 6) is 0.925. The van der Waals surface area contributed by atoms with E-state index in [4.69, 9.17) is 5.11 Å². The summed E-state index contributed by atoms with van der Waals surface area (Å²) in [6, 6.07) is 7.63. The zero-order valence-corrected chi connectivity index (χ0v) is 8.85. The molecule has 1 aromatic carbocycles. The van der Waals surface area contributed by atoms with E-state index in [9.17, 15) is 9.59 Å². The van der Waals surface area contributed by atoms with E-state index in [0.29, 0.717) is 12.8 Å². The SMILES string of the molecule is O=C=CC[CH]c1ccc(CCC(=O)O)cc1. The Hall–Kier alpha value is -1.86. The number of allylic oxidation sites excluding steroid dienone is 1. The van der Waals surface area contributed by atoms with Gasteiger partial charge in [-0.05, 0) is 30.4 Å². The molecule has 3 nitrogen and oxygen atoms in total. The third-order valence-corrected chi connectivity index (χ3v) is 2.16. The van der Waals surface area contributed by atoms with Crippen molar-refractivity contribution >= 4 is 11.9 Å². The normalized spacial score (nSPS) is 9.50. The Morgan fingerprint density at radius 3 is 2.56 bits per heavy atom. The molecule has 0 amide bonds. The van der Waals surface area contributed by atoms with E-state index in [1.54, 1.807) is 5.94 Å². The highest BCUT2D eigenvalue weighted by molar-refractivity contribution is 5.67. The average molecular weight is 217 g/mol. The number of carboxylic acid groups (broad SMARTS) is 1. The van der Waals surface area contributed by atoms with Gasteiger partial charge >= 0.3 is 5.97 Å². The number of carbonyl (C=O) groups is 1. The average Bonchev–Trinajstić information content (AvgIpc) is 2.28. The van der Waals surface area contributed by atoms with Gasteiger partial charge in [-0.15, -0.1) is 0 Å². The number of rotatable bonds is 6. The van der Waals surface area contributed by atoms with Crippen molar-refractivity contribution in [2.75, 3.05) is 0 Å². The molecule has 0 atom stereocenters. The summed E-state index contributed by atoms with van der Waals surface area (Å²) in [4.78, 5) is 20.3. The van der Waals surface area contributed by atoms with Crippen LogP contribution in [-0.4, -0.2) is 17.0 Å². The van der Waals surface area contributed by atoms with Crippen molar-refractivity contribution in [2.45, 2.75) is 19.3 Å². The lowest BCUT2D eigenvalue weighted by molar-refractivity contribution is -0.136. The van der Waals surface area contributed by atoms with Crippen molar-refractivity contribution in [3.63, 3.8) is 0 Å². The maximum absolute atomic E-state index is 10.4. The van der Waals surface area contributed by atoms with Gasteiger partial charge < -0.3 is 5.11 Å². The molecule has 0 aromatic heterocycles. The number of benzene rings is 1. The van der Waals surface area contributed by atoms with Crippen molar-refractivity contribution in [2.24, 2.45) is 0 Å². The predicted molar refractivity (Wildman–Crippen MR) is 60.7 cm³/mol. The Bertz CT molecular complexity index is 361. The summed E-state index contributed by atoms with van der Waals surface area (Å²) < 4.78 is 0. The third-order valence-electron chi connectivity index (χ3n) is 2.16. The molecule has 3 heteroatoms. The van der Waals surface area contributed by atoms with Crippen LogP contribution in [0.2, 0.25) is 0 Å². The number of aliphatic carboxylic acids is 1. The van der Waals surface area contributed by atoms with Crippen molar-refractivity contribution in [1.29, 1.82) is 0 Å². The lowest BCUT2D eigenvalue weighted by Gasteiger charge is -2.01. The maximum atomic E-state index is 10.4. The Balaban J connectivity index is 2.47. The fourth-order valence-corrected chi connectivity index (χ4v) is 1.31. The second-order valence-electron chi connectivity index (χ2n) is 3.40. The minimum Gasteiger partial charge on any atom is -0.481 e. The van der Waals surface area contributed by atoms with Crippen LogP contribution in [-0.2, 0) is 16.0 Å². The highest BCUT2D eigenvalue weighted by atomic mass is 16.4. The van der Waals surface area contributed by atoms with Crippen LogP contribution in [0.25, 0.3) is 0 Å². The zero-order valence-electron chi connectivity index (χ0n) is 8.85. The third kappa shape index (κ3) is 4.58. The zero-order chi connectivity index (χ0) is 11.8. The van der Waals surface area contributed by atoms with Gasteiger partial charge in [0.05, 0.1) is 0 Å². The fourth-order valence-electron chi connectivity index (χ4n) is 1.31. The molecule has 0 bridgehead atoms. The molecular weight excluding hydrogens is 204 g/mol. The number of hydrogen-bond acceptors (Lipinski definition) is 2. The Morgan fingerprint density at radius 2 is 2.00 bits per heavy atom. The van der Waals surface area contributed by atoms with E-state index in [2.05, 4.69) is 0 Å². The van der Waals surface area contributed by atoms with Gasteiger partial charge in [0.2, 0.25) is 0 Å². The quantitative estimate of drug-likeness (QED) is 0.742. The Morgan fingerprint density at radius 1 is 1.31 bits per heavy atom. The first-order valence-corrected chi connectivity index (χ1v) is 5.05. The molecule has 1 radical (unpaired) electrons. The van der Waals surface area contributed by atoms with Gasteiger partial charge in [-0.25, -0.2) is 4.79 Å². The first-order chi connectivity index (χ1) is 7.72. The van der Waals surface area contributed by atoms with E-state index >= 15 is 0 Å². The number of aryl methyl sites for hydroxylation is 1. The number of hydrogen-bond donors (Lipinski definition) is 1. The molecule has 0 saturated carbocycles. The smallest absolute Gasteiger partial charge is 0.303 e. The molecule has 0 fully saturated rings. The first-order valence-electron chi connectivity index (χ1n) is 5.05. The van der Waals surface area contributed by atoms with Crippen LogP contribution in [0.4, 0.5) is 0 Å². The van der Waals surface area contributed by atoms with Gasteiger partial charge in [-0.1, -0.05) is 24.3 Å². The van der Waals surface area contributed by atoms with Crippen LogP contribution in [0.3, 0.4) is 0 Å². The largest absolute Gasteiger partial charge is 0.481 e. The van der Waals surface area contributed by atoms with Crippen molar-refractivity contribution in [3.05, 3.63) is 47.9 Å². The Kier molecular flexibility index (Phi) is 5.03. The lowest BCUT2D eigenvalue weighted by Crippen LogP contribution is -1.97. The molecule has 1 rings (SSSR count). The van der Waals surface area contributed by atoms with E-state index in [-0.39, 0.29) is 6.42 Å². The highest BCUT2D eigenvalue weighted by Gasteiger charge is 1.99. The molecule has 0 heterocycles. The molecule has 0 spiro atoms. The molecule has 83 valence electrons. The Labute approximate surface area is 94.4 Å². The molecule has 1 aromatic rings. The summed E-state index contributed by atoms with van der Waals surface area (Å²) in [7, 11) is 0. The van der Waals surface area contributed by atoms with E-state index < -0.39 is 5.97 Å². The summed E-state index contributed by atoms with van der Waals surface area (Å²) in [6.07, 6.45) is 4.59. The van der Waals surface area contributed by atoms with Gasteiger partial charge in [-0.2, -0.15) is 0 Å². The number of carboxylic acids is 1. The van der Waals surface area contributed by atoms with E-state index in [0.717, 1.165) is 11.1 Å². The van der Waals surface area contributed by atoms with Gasteiger partial charge in [0, 0.05) is 12.5 Å². The number of carbonyl (C=O) groups excluding carboxylic acids is 1. The second kappa shape index (κ2) is 6.59. The first kappa shape index (κ1) is 12.2. The van der Waals surface area contributed by atoms with Gasteiger partial charge in [0.1, 0.15) is 5.94 Å². The summed E-state index contributed by atoms with van der Waals surface area (Å²) in [5.41, 5.74) is 2.02. The van der Waals surface area contributed by atoms with E-state index in [1.165, 1.54) is 6.08 Å². The minimum atomic E-state index is -0.785.